The van der Waals surface area contributed by atoms with E-state index in [1.807, 2.05) is 0 Å². The summed E-state index contributed by atoms with van der Waals surface area (Å²) in [7, 11) is 0. The Bertz CT molecular complexity index is 931. The number of nitrogens with two attached hydrogens (primary N) is 1. The molecule has 0 spiro atoms. The van der Waals surface area contributed by atoms with Crippen molar-refractivity contribution in [3.63, 3.8) is 0 Å². The number of halogens is 1. The molecule has 8 N–H and O–H groups in total. The van der Waals surface area contributed by atoms with Gasteiger partial charge in [-0.05, 0) is 38.2 Å². The molecule has 1 aliphatic rings. The molecule has 5 atom stereocenters. The van der Waals surface area contributed by atoms with Gasteiger partial charge in [-0.3, -0.25) is 9.36 Å². The number of nitrogen functional groups attached to an aromatic ring is 1. The van der Waals surface area contributed by atoms with Crippen LogP contribution in [0, 0.1) is 0 Å². The molecule has 12 nitrogen and oxygen atoms in total. The van der Waals surface area contributed by atoms with Gasteiger partial charge in [0.05, 0.1) is 31.7 Å². The molecule has 2 rings (SSSR count). The fourth-order valence-corrected chi connectivity index (χ4v) is 4.40. The van der Waals surface area contributed by atoms with Crippen LogP contribution in [0.1, 0.15) is 96.8 Å². The number of allylic oxidation sites excluding steroid dienone is 2. The monoisotopic (exact) mass is 649 g/mol. The summed E-state index contributed by atoms with van der Waals surface area (Å²) >= 11 is 5.04. The molecule has 0 amide bonds. The topological polar surface area (TPSA) is 209 Å². The zero-order valence-electron chi connectivity index (χ0n) is 26.2. The summed E-state index contributed by atoms with van der Waals surface area (Å²) in [5.74, 6) is -0.448. The minimum Gasteiger partial charge on any atom is -0.481 e. The van der Waals surface area contributed by atoms with Crippen molar-refractivity contribution in [1.82, 2.24) is 9.55 Å². The number of hydrogen-bond acceptors (Lipinski definition) is 10. The van der Waals surface area contributed by atoms with E-state index in [0.29, 0.717) is 6.42 Å². The highest BCUT2D eigenvalue weighted by Gasteiger charge is 2.42. The van der Waals surface area contributed by atoms with E-state index in [1.54, 1.807) is 0 Å². The van der Waals surface area contributed by atoms with Gasteiger partial charge < -0.3 is 41.1 Å². The SMILES string of the molecule is CCCCCCCC/C=C\CCCCCCCC(=O)O.Nc1ccn(C[C@@H]2O[C@H](CO)[C@@H](O)[C@H]2O)c(=O)n1.OCC(O)CCl. The molecule has 0 saturated carbocycles. The maximum atomic E-state index is 11.5. The standard InChI is InChI=1S/C18H34O2.C10H15N3O5.C3H7ClO2/c1-2-3-4-5-6-7-8-9-10-11-12-13-14-15-16-17-18(19)20;11-7-1-2-13(10(17)12-7)3-5-8(15)9(16)6(4-14)18-5;4-1-3(6)2-5/h9-10H,2-8,11-17H2,1H3,(H,19,20);1-2,5-6,8-9,14-16H,3-4H2,(H2,11,12,17);3,5-6H,1-2H2/b10-9-;;/t;5-,6+,8-,9+;/m.0./s1. The van der Waals surface area contributed by atoms with E-state index >= 15 is 0 Å². The second-order valence-electron chi connectivity index (χ2n) is 10.9. The van der Waals surface area contributed by atoms with Gasteiger partial charge in [-0.2, -0.15) is 4.98 Å². The number of aliphatic carboxylic acids is 1. The number of aliphatic hydroxyl groups is 5. The van der Waals surface area contributed by atoms with Crippen molar-refractivity contribution >= 4 is 23.4 Å². The number of hydrogen-bond donors (Lipinski definition) is 7. The summed E-state index contributed by atoms with van der Waals surface area (Å²) in [6.45, 7) is 1.64. The van der Waals surface area contributed by atoms with E-state index in [0.717, 1.165) is 12.8 Å². The van der Waals surface area contributed by atoms with Crippen molar-refractivity contribution in [2.75, 3.05) is 24.8 Å². The van der Waals surface area contributed by atoms with Gasteiger partial charge in [0, 0.05) is 12.6 Å². The van der Waals surface area contributed by atoms with Gasteiger partial charge in [-0.15, -0.1) is 11.6 Å². The number of aliphatic hydroxyl groups excluding tert-OH is 5. The van der Waals surface area contributed by atoms with Gasteiger partial charge in [0.15, 0.2) is 0 Å². The van der Waals surface area contributed by atoms with Crippen LogP contribution in [-0.2, 0) is 16.1 Å². The van der Waals surface area contributed by atoms with Crippen molar-refractivity contribution in [2.45, 2.75) is 134 Å². The predicted molar refractivity (Wildman–Crippen MR) is 172 cm³/mol. The lowest BCUT2D eigenvalue weighted by Crippen LogP contribution is -2.37. The van der Waals surface area contributed by atoms with Gasteiger partial charge >= 0.3 is 11.7 Å². The molecule has 2 heterocycles. The second kappa shape index (κ2) is 27.3. The Morgan fingerprint density at radius 3 is 2.00 bits per heavy atom. The zero-order chi connectivity index (χ0) is 33.2. The summed E-state index contributed by atoms with van der Waals surface area (Å²) < 4.78 is 6.47. The first kappa shape index (κ1) is 41.9. The summed E-state index contributed by atoms with van der Waals surface area (Å²) in [6, 6.07) is 1.45. The van der Waals surface area contributed by atoms with E-state index in [-0.39, 0.29) is 24.8 Å². The number of nitrogens with zero attached hydrogens (tertiary/aromatic N) is 2. The molecule has 0 aromatic carbocycles. The van der Waals surface area contributed by atoms with Crippen LogP contribution in [0.3, 0.4) is 0 Å². The Balaban J connectivity index is 0.000000711. The van der Waals surface area contributed by atoms with Gasteiger partial charge in [-0.25, -0.2) is 4.79 Å². The molecule has 1 fully saturated rings. The lowest BCUT2D eigenvalue weighted by atomic mass is 10.1. The number of carboxylic acids is 1. The second-order valence-corrected chi connectivity index (χ2v) is 11.2. The summed E-state index contributed by atoms with van der Waals surface area (Å²) in [5, 5.41) is 53.0. The largest absolute Gasteiger partial charge is 0.481 e. The number of aromatic nitrogens is 2. The van der Waals surface area contributed by atoms with Crippen LogP contribution in [0.15, 0.2) is 29.2 Å². The molecule has 13 heteroatoms. The number of carboxylic acid groups (broad SMARTS) is 1. The number of anilines is 1. The molecule has 44 heavy (non-hydrogen) atoms. The molecule has 0 bridgehead atoms. The number of unbranched alkanes of at least 4 members (excludes halogenated alkanes) is 11. The van der Waals surface area contributed by atoms with Crippen LogP contribution < -0.4 is 11.4 Å². The molecular weight excluding hydrogens is 594 g/mol. The minimum absolute atomic E-state index is 0.0286. The number of carbonyl (C=O) groups is 1. The first-order valence-electron chi connectivity index (χ1n) is 15.8. The van der Waals surface area contributed by atoms with Gasteiger partial charge in [0.1, 0.15) is 30.2 Å². The Labute approximate surface area is 266 Å². The van der Waals surface area contributed by atoms with Crippen LogP contribution in [0.4, 0.5) is 5.82 Å². The van der Waals surface area contributed by atoms with Crippen LogP contribution in [-0.4, -0.2) is 95.8 Å². The Kier molecular flexibility index (Phi) is 26.0. The highest BCUT2D eigenvalue weighted by atomic mass is 35.5. The molecule has 1 unspecified atom stereocenters. The van der Waals surface area contributed by atoms with Gasteiger partial charge in [0.25, 0.3) is 0 Å². The lowest BCUT2D eigenvalue weighted by Gasteiger charge is -2.15. The number of alkyl halides is 1. The minimum atomic E-state index is -1.17. The summed E-state index contributed by atoms with van der Waals surface area (Å²) in [6.07, 6.45) is 18.0. The molecule has 1 saturated heterocycles. The maximum absolute atomic E-state index is 11.5. The van der Waals surface area contributed by atoms with E-state index in [2.05, 4.69) is 24.1 Å². The van der Waals surface area contributed by atoms with E-state index in [9.17, 15) is 19.8 Å². The van der Waals surface area contributed by atoms with E-state index < -0.39 is 48.8 Å². The lowest BCUT2D eigenvalue weighted by molar-refractivity contribution is -0.137. The Hall–Kier alpha value is -2.06. The van der Waals surface area contributed by atoms with E-state index in [4.69, 9.17) is 42.5 Å². The molecule has 256 valence electrons. The Morgan fingerprint density at radius 1 is 1.00 bits per heavy atom. The first-order chi connectivity index (χ1) is 21.1. The van der Waals surface area contributed by atoms with Gasteiger partial charge in [0.2, 0.25) is 0 Å². The smallest absolute Gasteiger partial charge is 0.349 e. The molecule has 1 aliphatic heterocycles. The first-order valence-corrected chi connectivity index (χ1v) is 16.3. The molecular formula is C31H56ClN3O9. The molecule has 1 aromatic rings. The van der Waals surface area contributed by atoms with E-state index in [1.165, 1.54) is 87.5 Å². The molecule has 0 aliphatic carbocycles. The van der Waals surface area contributed by atoms with Crippen LogP contribution in [0.2, 0.25) is 0 Å². The van der Waals surface area contributed by atoms with Gasteiger partial charge in [-0.1, -0.05) is 70.4 Å². The van der Waals surface area contributed by atoms with Crippen molar-refractivity contribution < 1.29 is 40.2 Å². The molecule has 1 aromatic heterocycles. The third kappa shape index (κ3) is 20.8. The van der Waals surface area contributed by atoms with Crippen molar-refractivity contribution in [1.29, 1.82) is 0 Å². The zero-order valence-corrected chi connectivity index (χ0v) is 26.9. The van der Waals surface area contributed by atoms with Crippen molar-refractivity contribution in [3.8, 4) is 0 Å². The van der Waals surface area contributed by atoms with Crippen LogP contribution in [0.5, 0.6) is 0 Å². The summed E-state index contributed by atoms with van der Waals surface area (Å²) in [4.78, 5) is 25.3. The number of rotatable bonds is 20. The number of ether oxygens (including phenoxy) is 1. The van der Waals surface area contributed by atoms with Crippen molar-refractivity contribution in [2.24, 2.45) is 0 Å². The quantitative estimate of drug-likeness (QED) is 0.0620. The normalized spacial score (nSPS) is 20.1. The fourth-order valence-electron chi connectivity index (χ4n) is 4.30. The Morgan fingerprint density at radius 2 is 1.55 bits per heavy atom. The average Bonchev–Trinajstić information content (AvgIpc) is 3.28. The average molecular weight is 650 g/mol. The highest BCUT2D eigenvalue weighted by molar-refractivity contribution is 6.18. The van der Waals surface area contributed by atoms with Crippen molar-refractivity contribution in [3.05, 3.63) is 34.9 Å². The van der Waals surface area contributed by atoms with Crippen LogP contribution in [0.25, 0.3) is 0 Å². The summed E-state index contributed by atoms with van der Waals surface area (Å²) in [5.41, 5.74) is 4.79. The molecule has 0 radical (unpaired) electrons. The maximum Gasteiger partial charge on any atom is 0.349 e. The van der Waals surface area contributed by atoms with Crippen LogP contribution >= 0.6 is 11.6 Å². The highest BCUT2D eigenvalue weighted by Crippen LogP contribution is 2.22. The fraction of sp³-hybridized carbons (Fsp3) is 0.774. The predicted octanol–water partition coefficient (Wildman–Crippen LogP) is 2.99. The third-order valence-corrected chi connectivity index (χ3v) is 7.31. The third-order valence-electron chi connectivity index (χ3n) is 6.95.